The first kappa shape index (κ1) is 6.33. The van der Waals surface area contributed by atoms with Gasteiger partial charge in [-0.1, -0.05) is 30.3 Å². The number of Topliss-reactive ketones (excluding diaryl/α,β-unsaturated/α-hetero) is 1. The van der Waals surface area contributed by atoms with E-state index in [-0.39, 0.29) is 13.0 Å². The summed E-state index contributed by atoms with van der Waals surface area (Å²) >= 11 is 0. The molecule has 0 aromatic heterocycles. The Kier molecular flexibility index (Phi) is 2.67. The largest absolute Gasteiger partial charge is 0.376 e. The van der Waals surface area contributed by atoms with Crippen molar-refractivity contribution in [3.63, 3.8) is 0 Å². The van der Waals surface area contributed by atoms with Gasteiger partial charge in [0.1, 0.15) is 5.78 Å². The first-order valence-corrected chi connectivity index (χ1v) is 4.15. The normalized spacial score (nSPS) is 14.3. The van der Waals surface area contributed by atoms with Crippen LogP contribution in [-0.2, 0) is 16.1 Å². The van der Waals surface area contributed by atoms with Gasteiger partial charge in [-0.2, -0.15) is 0 Å². The maximum absolute atomic E-state index is 11.0. The highest BCUT2D eigenvalue weighted by molar-refractivity contribution is 5.75. The summed E-state index contributed by atoms with van der Waals surface area (Å²) in [5, 5.41) is 0. The molecular formula is C11H14O2. The first-order valence-electron chi connectivity index (χ1n) is 5.65. The number of hydrogen-bond donors (Lipinski definition) is 0. The van der Waals surface area contributed by atoms with Crippen LogP contribution in [0.25, 0.3) is 0 Å². The maximum atomic E-state index is 11.0. The van der Waals surface area contributed by atoms with Gasteiger partial charge in [-0.05, 0) is 12.4 Å². The van der Waals surface area contributed by atoms with Crippen LogP contribution in [0, 0.1) is 0 Å². The van der Waals surface area contributed by atoms with E-state index in [1.807, 2.05) is 30.3 Å². The van der Waals surface area contributed by atoms with E-state index in [0.29, 0.717) is 6.61 Å². The van der Waals surface area contributed by atoms with Gasteiger partial charge in [0.15, 0.2) is 0 Å². The fourth-order valence-corrected chi connectivity index (χ4v) is 0.929. The number of ketones is 1. The van der Waals surface area contributed by atoms with E-state index in [4.69, 9.17) is 8.85 Å². The quantitative estimate of drug-likeness (QED) is 0.651. The van der Waals surface area contributed by atoms with Gasteiger partial charge >= 0.3 is 0 Å². The van der Waals surface area contributed by atoms with Crippen LogP contribution in [0.2, 0.25) is 0 Å². The zero-order valence-corrected chi connectivity index (χ0v) is 7.32. The number of ether oxygens (including phenoxy) is 1. The molecular weight excluding hydrogens is 164 g/mol. The van der Waals surface area contributed by atoms with E-state index in [2.05, 4.69) is 0 Å². The molecule has 1 rings (SSSR count). The van der Waals surface area contributed by atoms with E-state index < -0.39 is 12.6 Å². The average molecular weight is 181 g/mol. The topological polar surface area (TPSA) is 26.3 Å². The monoisotopic (exact) mass is 181 g/mol. The molecule has 0 aliphatic carbocycles. The number of hydrogen-bond acceptors (Lipinski definition) is 2. The molecule has 0 heterocycles. The highest BCUT2D eigenvalue weighted by atomic mass is 16.5. The summed E-state index contributed by atoms with van der Waals surface area (Å²) in [6, 6.07) is 9.51. The SMILES string of the molecule is [2H]C([2H])([2H])C(=O)CCOCc1ccccc1. The van der Waals surface area contributed by atoms with Crippen molar-refractivity contribution in [1.29, 1.82) is 0 Å². The van der Waals surface area contributed by atoms with Crippen LogP contribution < -0.4 is 0 Å². The Labute approximate surface area is 82.7 Å². The third kappa shape index (κ3) is 4.43. The maximum Gasteiger partial charge on any atom is 0.132 e. The summed E-state index contributed by atoms with van der Waals surface area (Å²) in [6.45, 7) is -1.96. The molecule has 0 saturated heterocycles. The number of carbonyl (C=O) groups is 1. The summed E-state index contributed by atoms with van der Waals surface area (Å²) in [4.78, 5) is 11.0. The third-order valence-electron chi connectivity index (χ3n) is 1.59. The van der Waals surface area contributed by atoms with Gasteiger partial charge in [-0.15, -0.1) is 0 Å². The molecule has 2 heteroatoms. The predicted octanol–water partition coefficient (Wildman–Crippen LogP) is 2.18. The highest BCUT2D eigenvalue weighted by Crippen LogP contribution is 2.00. The first-order chi connectivity index (χ1) is 7.50. The molecule has 0 N–H and O–H groups in total. The Hall–Kier alpha value is -1.15. The Balaban J connectivity index is 2.20. The third-order valence-corrected chi connectivity index (χ3v) is 1.59. The van der Waals surface area contributed by atoms with Gasteiger partial charge in [0.05, 0.1) is 13.2 Å². The Bertz CT molecular complexity index is 333. The lowest BCUT2D eigenvalue weighted by Gasteiger charge is -2.01. The van der Waals surface area contributed by atoms with Gasteiger partial charge in [0, 0.05) is 10.5 Å². The molecule has 1 aromatic carbocycles. The Morgan fingerprint density at radius 2 is 2.23 bits per heavy atom. The van der Waals surface area contributed by atoms with E-state index in [1.54, 1.807) is 0 Å². The van der Waals surface area contributed by atoms with Crippen molar-refractivity contribution in [3.05, 3.63) is 35.9 Å². The number of benzene rings is 1. The van der Waals surface area contributed by atoms with Gasteiger partial charge in [0.2, 0.25) is 0 Å². The molecule has 0 unspecified atom stereocenters. The van der Waals surface area contributed by atoms with E-state index in [1.165, 1.54) is 0 Å². The van der Waals surface area contributed by atoms with E-state index >= 15 is 0 Å². The number of rotatable bonds is 5. The molecule has 0 atom stereocenters. The van der Waals surface area contributed by atoms with Crippen molar-refractivity contribution >= 4 is 5.78 Å². The fraction of sp³-hybridized carbons (Fsp3) is 0.364. The van der Waals surface area contributed by atoms with Crippen LogP contribution in [0.3, 0.4) is 0 Å². The van der Waals surface area contributed by atoms with Gasteiger partial charge in [-0.25, -0.2) is 0 Å². The van der Waals surface area contributed by atoms with Crippen molar-refractivity contribution in [3.8, 4) is 0 Å². The molecule has 0 amide bonds. The van der Waals surface area contributed by atoms with E-state index in [9.17, 15) is 4.79 Å². The summed E-state index contributed by atoms with van der Waals surface area (Å²) in [7, 11) is 0. The molecule has 2 nitrogen and oxygen atoms in total. The Morgan fingerprint density at radius 1 is 1.46 bits per heavy atom. The lowest BCUT2D eigenvalue weighted by atomic mass is 10.2. The van der Waals surface area contributed by atoms with Crippen LogP contribution in [0.4, 0.5) is 0 Å². The smallest absolute Gasteiger partial charge is 0.132 e. The van der Waals surface area contributed by atoms with Crippen LogP contribution in [0.5, 0.6) is 0 Å². The molecule has 70 valence electrons. The van der Waals surface area contributed by atoms with Crippen molar-refractivity contribution in [2.24, 2.45) is 0 Å². The molecule has 0 spiro atoms. The van der Waals surface area contributed by atoms with Crippen LogP contribution in [-0.4, -0.2) is 12.4 Å². The summed E-state index contributed by atoms with van der Waals surface area (Å²) < 4.78 is 25.8. The minimum Gasteiger partial charge on any atom is -0.376 e. The van der Waals surface area contributed by atoms with Crippen molar-refractivity contribution < 1.29 is 13.6 Å². The number of carbonyl (C=O) groups excluding carboxylic acids is 1. The average Bonchev–Trinajstić information content (AvgIpc) is 2.24. The second kappa shape index (κ2) is 5.49. The molecule has 0 aliphatic heterocycles. The van der Waals surface area contributed by atoms with Crippen molar-refractivity contribution in [2.45, 2.75) is 19.9 Å². The van der Waals surface area contributed by atoms with Crippen LogP contribution in [0.1, 0.15) is 22.9 Å². The highest BCUT2D eigenvalue weighted by Gasteiger charge is 1.94. The minimum atomic E-state index is -2.50. The molecule has 0 bridgehead atoms. The van der Waals surface area contributed by atoms with Gasteiger partial charge in [-0.3, -0.25) is 4.79 Å². The predicted molar refractivity (Wildman–Crippen MR) is 51.4 cm³/mol. The minimum absolute atomic E-state index is 0.0661. The molecule has 0 aliphatic rings. The van der Waals surface area contributed by atoms with Crippen LogP contribution >= 0.6 is 0 Å². The zero-order chi connectivity index (χ0) is 12.0. The molecule has 0 radical (unpaired) electrons. The second-order valence-electron chi connectivity index (χ2n) is 2.71. The Morgan fingerprint density at radius 3 is 2.92 bits per heavy atom. The molecule has 0 saturated carbocycles. The lowest BCUT2D eigenvalue weighted by molar-refractivity contribution is -0.118. The lowest BCUT2D eigenvalue weighted by Crippen LogP contribution is -2.00. The molecule has 1 aromatic rings. The zero-order valence-electron chi connectivity index (χ0n) is 10.3. The van der Waals surface area contributed by atoms with E-state index in [0.717, 1.165) is 5.56 Å². The standard InChI is InChI=1S/C11H14O2/c1-10(12)7-8-13-9-11-5-3-2-4-6-11/h2-6H,7-9H2,1H3/i1D3. The fourth-order valence-electron chi connectivity index (χ4n) is 0.929. The van der Waals surface area contributed by atoms with Crippen LogP contribution in [0.15, 0.2) is 30.3 Å². The van der Waals surface area contributed by atoms with Crippen molar-refractivity contribution in [2.75, 3.05) is 6.61 Å². The summed E-state index contributed by atoms with van der Waals surface area (Å²) in [5.74, 6) is -0.749. The van der Waals surface area contributed by atoms with Crippen molar-refractivity contribution in [1.82, 2.24) is 0 Å². The summed E-state index contributed by atoms with van der Waals surface area (Å²) in [5.41, 5.74) is 1.00. The van der Waals surface area contributed by atoms with Gasteiger partial charge < -0.3 is 4.74 Å². The molecule has 13 heavy (non-hydrogen) atoms. The second-order valence-corrected chi connectivity index (χ2v) is 2.71. The molecule has 0 fully saturated rings. The van der Waals surface area contributed by atoms with Gasteiger partial charge in [0.25, 0.3) is 0 Å². The summed E-state index contributed by atoms with van der Waals surface area (Å²) in [6.07, 6.45) is -0.0661.